The normalized spacial score (nSPS) is 12.7. The molecular formula is C18H32N2. The summed E-state index contributed by atoms with van der Waals surface area (Å²) < 4.78 is 0. The monoisotopic (exact) mass is 276 g/mol. The van der Waals surface area contributed by atoms with Crippen LogP contribution in [0.2, 0.25) is 0 Å². The summed E-state index contributed by atoms with van der Waals surface area (Å²) in [5.74, 6) is 0. The Balaban J connectivity index is 2.88. The molecule has 0 heterocycles. The SMILES string of the molecule is CCCCCN(c1ccccc1CC(N)CC)C(C)C. The molecule has 0 amide bonds. The Morgan fingerprint density at radius 2 is 1.80 bits per heavy atom. The predicted molar refractivity (Wildman–Crippen MR) is 90.4 cm³/mol. The minimum absolute atomic E-state index is 0.265. The van der Waals surface area contributed by atoms with Gasteiger partial charge in [-0.1, -0.05) is 44.9 Å². The third-order valence-corrected chi connectivity index (χ3v) is 3.93. The summed E-state index contributed by atoms with van der Waals surface area (Å²) in [4.78, 5) is 2.54. The molecule has 1 unspecified atom stereocenters. The summed E-state index contributed by atoms with van der Waals surface area (Å²) in [6.07, 6.45) is 5.85. The Bertz CT molecular complexity index is 373. The molecule has 0 aliphatic carbocycles. The average Bonchev–Trinajstić information content (AvgIpc) is 2.44. The number of rotatable bonds is 9. The molecule has 0 bridgehead atoms. The molecular weight excluding hydrogens is 244 g/mol. The molecule has 0 fully saturated rings. The molecule has 0 spiro atoms. The highest BCUT2D eigenvalue weighted by molar-refractivity contribution is 5.54. The fraction of sp³-hybridized carbons (Fsp3) is 0.667. The van der Waals surface area contributed by atoms with Gasteiger partial charge < -0.3 is 10.6 Å². The maximum absolute atomic E-state index is 6.15. The van der Waals surface area contributed by atoms with Gasteiger partial charge in [-0.25, -0.2) is 0 Å². The van der Waals surface area contributed by atoms with Crippen molar-refractivity contribution >= 4 is 5.69 Å². The van der Waals surface area contributed by atoms with E-state index in [0.717, 1.165) is 19.4 Å². The van der Waals surface area contributed by atoms with Gasteiger partial charge in [0.15, 0.2) is 0 Å². The van der Waals surface area contributed by atoms with Crippen molar-refractivity contribution in [2.75, 3.05) is 11.4 Å². The fourth-order valence-corrected chi connectivity index (χ4v) is 2.58. The van der Waals surface area contributed by atoms with E-state index in [2.05, 4.69) is 56.9 Å². The van der Waals surface area contributed by atoms with Crippen molar-refractivity contribution in [3.05, 3.63) is 29.8 Å². The highest BCUT2D eigenvalue weighted by Gasteiger charge is 2.15. The van der Waals surface area contributed by atoms with E-state index in [1.54, 1.807) is 0 Å². The lowest BCUT2D eigenvalue weighted by Crippen LogP contribution is -2.33. The van der Waals surface area contributed by atoms with Gasteiger partial charge in [-0.15, -0.1) is 0 Å². The summed E-state index contributed by atoms with van der Waals surface area (Å²) in [6, 6.07) is 9.56. The summed E-state index contributed by atoms with van der Waals surface area (Å²) in [5.41, 5.74) is 8.93. The summed E-state index contributed by atoms with van der Waals surface area (Å²) in [7, 11) is 0. The molecule has 0 saturated heterocycles. The minimum Gasteiger partial charge on any atom is -0.369 e. The van der Waals surface area contributed by atoms with Gasteiger partial charge in [0.25, 0.3) is 0 Å². The van der Waals surface area contributed by atoms with Crippen LogP contribution in [0.25, 0.3) is 0 Å². The Morgan fingerprint density at radius 1 is 1.10 bits per heavy atom. The zero-order valence-electron chi connectivity index (χ0n) is 13.7. The molecule has 20 heavy (non-hydrogen) atoms. The topological polar surface area (TPSA) is 29.3 Å². The minimum atomic E-state index is 0.265. The van der Waals surface area contributed by atoms with Crippen LogP contribution >= 0.6 is 0 Å². The van der Waals surface area contributed by atoms with Crippen molar-refractivity contribution in [3.8, 4) is 0 Å². The number of nitrogens with zero attached hydrogens (tertiary/aromatic N) is 1. The smallest absolute Gasteiger partial charge is 0.0401 e. The zero-order chi connectivity index (χ0) is 15.0. The number of anilines is 1. The van der Waals surface area contributed by atoms with Crippen LogP contribution in [0.3, 0.4) is 0 Å². The lowest BCUT2D eigenvalue weighted by atomic mass is 10.0. The third kappa shape index (κ3) is 5.16. The van der Waals surface area contributed by atoms with Gasteiger partial charge in [0.1, 0.15) is 0 Å². The maximum Gasteiger partial charge on any atom is 0.0401 e. The van der Waals surface area contributed by atoms with E-state index in [0.29, 0.717) is 6.04 Å². The van der Waals surface area contributed by atoms with Gasteiger partial charge in [-0.05, 0) is 44.7 Å². The molecule has 0 aromatic heterocycles. The van der Waals surface area contributed by atoms with E-state index in [1.807, 2.05) is 0 Å². The van der Waals surface area contributed by atoms with Crippen LogP contribution in [0, 0.1) is 0 Å². The van der Waals surface area contributed by atoms with Crippen molar-refractivity contribution in [2.45, 2.75) is 71.9 Å². The van der Waals surface area contributed by atoms with Crippen LogP contribution in [0.4, 0.5) is 5.69 Å². The van der Waals surface area contributed by atoms with Gasteiger partial charge >= 0.3 is 0 Å². The number of nitrogens with two attached hydrogens (primary N) is 1. The Hall–Kier alpha value is -1.02. The van der Waals surface area contributed by atoms with Crippen LogP contribution in [0.1, 0.15) is 58.9 Å². The van der Waals surface area contributed by atoms with Crippen molar-refractivity contribution in [3.63, 3.8) is 0 Å². The van der Waals surface area contributed by atoms with E-state index in [9.17, 15) is 0 Å². The fourth-order valence-electron chi connectivity index (χ4n) is 2.58. The lowest BCUT2D eigenvalue weighted by molar-refractivity contribution is 0.613. The third-order valence-electron chi connectivity index (χ3n) is 3.93. The van der Waals surface area contributed by atoms with Crippen molar-refractivity contribution < 1.29 is 0 Å². The molecule has 0 radical (unpaired) electrons. The molecule has 0 saturated carbocycles. The first-order valence-corrected chi connectivity index (χ1v) is 8.20. The van der Waals surface area contributed by atoms with Crippen molar-refractivity contribution in [1.29, 1.82) is 0 Å². The number of hydrogen-bond donors (Lipinski definition) is 1. The first-order valence-electron chi connectivity index (χ1n) is 8.20. The van der Waals surface area contributed by atoms with Gasteiger partial charge in [0.2, 0.25) is 0 Å². The van der Waals surface area contributed by atoms with Crippen LogP contribution < -0.4 is 10.6 Å². The highest BCUT2D eigenvalue weighted by atomic mass is 15.1. The largest absolute Gasteiger partial charge is 0.369 e. The van der Waals surface area contributed by atoms with E-state index in [4.69, 9.17) is 5.73 Å². The molecule has 1 aromatic rings. The maximum atomic E-state index is 6.15. The molecule has 2 nitrogen and oxygen atoms in total. The molecule has 2 N–H and O–H groups in total. The Labute approximate surface area is 125 Å². The van der Waals surface area contributed by atoms with E-state index >= 15 is 0 Å². The van der Waals surface area contributed by atoms with Gasteiger partial charge in [0, 0.05) is 24.3 Å². The van der Waals surface area contributed by atoms with E-state index in [-0.39, 0.29) is 6.04 Å². The number of hydrogen-bond acceptors (Lipinski definition) is 2. The first-order chi connectivity index (χ1) is 9.60. The average molecular weight is 276 g/mol. The Kier molecular flexibility index (Phi) is 7.68. The van der Waals surface area contributed by atoms with Crippen LogP contribution in [0.15, 0.2) is 24.3 Å². The zero-order valence-corrected chi connectivity index (χ0v) is 13.7. The van der Waals surface area contributed by atoms with E-state index in [1.165, 1.54) is 30.5 Å². The molecule has 2 heteroatoms. The number of para-hydroxylation sites is 1. The van der Waals surface area contributed by atoms with Crippen LogP contribution in [-0.2, 0) is 6.42 Å². The predicted octanol–water partition coefficient (Wildman–Crippen LogP) is 4.37. The molecule has 114 valence electrons. The van der Waals surface area contributed by atoms with Crippen molar-refractivity contribution in [2.24, 2.45) is 5.73 Å². The summed E-state index contributed by atoms with van der Waals surface area (Å²) in [5, 5.41) is 0. The molecule has 0 aliphatic heterocycles. The first kappa shape index (κ1) is 17.0. The second kappa shape index (κ2) is 9.02. The molecule has 1 rings (SSSR count). The van der Waals surface area contributed by atoms with Crippen LogP contribution in [0.5, 0.6) is 0 Å². The van der Waals surface area contributed by atoms with Crippen molar-refractivity contribution in [1.82, 2.24) is 0 Å². The molecule has 1 aromatic carbocycles. The number of benzene rings is 1. The summed E-state index contributed by atoms with van der Waals surface area (Å²) >= 11 is 0. The second-order valence-electron chi connectivity index (χ2n) is 6.00. The molecule has 0 aliphatic rings. The van der Waals surface area contributed by atoms with Gasteiger partial charge in [0.05, 0.1) is 0 Å². The Morgan fingerprint density at radius 3 is 2.40 bits per heavy atom. The highest BCUT2D eigenvalue weighted by Crippen LogP contribution is 2.24. The number of unbranched alkanes of at least 4 members (excludes halogenated alkanes) is 2. The van der Waals surface area contributed by atoms with Crippen LogP contribution in [-0.4, -0.2) is 18.6 Å². The molecule has 1 atom stereocenters. The van der Waals surface area contributed by atoms with E-state index < -0.39 is 0 Å². The summed E-state index contributed by atoms with van der Waals surface area (Å²) in [6.45, 7) is 10.1. The lowest BCUT2D eigenvalue weighted by Gasteiger charge is -2.31. The van der Waals surface area contributed by atoms with Gasteiger partial charge in [-0.2, -0.15) is 0 Å². The second-order valence-corrected chi connectivity index (χ2v) is 6.00. The standard InChI is InChI=1S/C18H32N2/c1-5-7-10-13-20(15(3)4)18-12-9-8-11-16(18)14-17(19)6-2/h8-9,11-12,15,17H,5-7,10,13-14,19H2,1-4H3. The van der Waals surface area contributed by atoms with Gasteiger partial charge in [-0.3, -0.25) is 0 Å². The quantitative estimate of drug-likeness (QED) is 0.679.